The van der Waals surface area contributed by atoms with Crippen molar-refractivity contribution < 1.29 is 9.47 Å². The second-order valence-corrected chi connectivity index (χ2v) is 9.08. The maximum Gasteiger partial charge on any atom is 0.193 e. The molecular formula is C23H32N4O2S. The van der Waals surface area contributed by atoms with E-state index in [1.807, 2.05) is 24.5 Å². The monoisotopic (exact) mass is 428 g/mol. The summed E-state index contributed by atoms with van der Waals surface area (Å²) < 4.78 is 11.4. The van der Waals surface area contributed by atoms with E-state index in [0.29, 0.717) is 25.2 Å². The van der Waals surface area contributed by atoms with Gasteiger partial charge in [0.1, 0.15) is 13.2 Å². The van der Waals surface area contributed by atoms with Crippen molar-refractivity contribution in [2.75, 3.05) is 47.4 Å². The quantitative estimate of drug-likeness (QED) is 0.582. The molecular weight excluding hydrogens is 396 g/mol. The maximum absolute atomic E-state index is 5.72. The van der Waals surface area contributed by atoms with Crippen LogP contribution in [0.15, 0.2) is 40.7 Å². The molecule has 6 nitrogen and oxygen atoms in total. The number of likely N-dealkylation sites (tertiary alicyclic amines) is 1. The minimum Gasteiger partial charge on any atom is -0.486 e. The number of aliphatic imine (C=N–C) groups is 1. The summed E-state index contributed by atoms with van der Waals surface area (Å²) in [5.74, 6) is 3.15. The van der Waals surface area contributed by atoms with Crippen LogP contribution in [-0.4, -0.2) is 63.2 Å². The van der Waals surface area contributed by atoms with E-state index in [1.54, 1.807) is 0 Å². The van der Waals surface area contributed by atoms with Gasteiger partial charge in [-0.05, 0) is 61.5 Å². The minimum absolute atomic E-state index is 0.479. The smallest absolute Gasteiger partial charge is 0.193 e. The minimum atomic E-state index is 0.479. The normalized spacial score (nSPS) is 22.0. The molecule has 7 heteroatoms. The van der Waals surface area contributed by atoms with Crippen molar-refractivity contribution in [3.63, 3.8) is 0 Å². The molecule has 1 fully saturated rings. The second-order valence-electron chi connectivity index (χ2n) is 8.11. The molecule has 3 heterocycles. The van der Waals surface area contributed by atoms with Gasteiger partial charge in [0.25, 0.3) is 0 Å². The van der Waals surface area contributed by atoms with Crippen molar-refractivity contribution in [1.29, 1.82) is 0 Å². The molecule has 0 spiro atoms. The van der Waals surface area contributed by atoms with Gasteiger partial charge in [0.2, 0.25) is 0 Å². The van der Waals surface area contributed by atoms with Crippen LogP contribution in [0.2, 0.25) is 0 Å². The van der Waals surface area contributed by atoms with E-state index in [-0.39, 0.29) is 0 Å². The fourth-order valence-corrected chi connectivity index (χ4v) is 5.51. The van der Waals surface area contributed by atoms with Crippen molar-refractivity contribution >= 4 is 17.3 Å². The molecule has 2 aromatic rings. The molecule has 30 heavy (non-hydrogen) atoms. The lowest BCUT2D eigenvalue weighted by molar-refractivity contribution is 0.124. The Labute approximate surface area is 183 Å². The first-order chi connectivity index (χ1) is 14.7. The van der Waals surface area contributed by atoms with Gasteiger partial charge in [0.15, 0.2) is 17.5 Å². The SMILES string of the molecule is CN=C(NCC1CCCN(C)C1c1cccs1)N(C)Cc1ccc2c(c1)OCCO2. The number of thiophene rings is 1. The average molecular weight is 429 g/mol. The summed E-state index contributed by atoms with van der Waals surface area (Å²) in [5.41, 5.74) is 1.18. The van der Waals surface area contributed by atoms with Gasteiger partial charge in [-0.3, -0.25) is 9.89 Å². The lowest BCUT2D eigenvalue weighted by atomic mass is 9.88. The highest BCUT2D eigenvalue weighted by atomic mass is 32.1. The predicted molar refractivity (Wildman–Crippen MR) is 123 cm³/mol. The van der Waals surface area contributed by atoms with Crippen LogP contribution in [0.1, 0.15) is 29.3 Å². The number of rotatable bonds is 5. The van der Waals surface area contributed by atoms with Crippen molar-refractivity contribution in [3.05, 3.63) is 46.2 Å². The van der Waals surface area contributed by atoms with Crippen LogP contribution >= 0.6 is 11.3 Å². The Morgan fingerprint density at radius 2 is 2.10 bits per heavy atom. The summed E-state index contributed by atoms with van der Waals surface area (Å²) in [5, 5.41) is 5.81. The standard InChI is InChI=1S/C23H32N4O2S/c1-24-23(27(3)16-17-8-9-19-20(14-17)29-12-11-28-19)25-15-18-6-4-10-26(2)22(18)21-7-5-13-30-21/h5,7-9,13-14,18,22H,4,6,10-12,15-16H2,1-3H3,(H,24,25). The highest BCUT2D eigenvalue weighted by molar-refractivity contribution is 7.10. The van der Waals surface area contributed by atoms with E-state index in [1.165, 1.54) is 23.3 Å². The third-order valence-corrected chi connectivity index (χ3v) is 6.91. The molecule has 2 atom stereocenters. The van der Waals surface area contributed by atoms with Gasteiger partial charge in [-0.2, -0.15) is 0 Å². The number of ether oxygens (including phenoxy) is 2. The summed E-state index contributed by atoms with van der Waals surface area (Å²) in [4.78, 5) is 10.7. The first-order valence-electron chi connectivity index (χ1n) is 10.7. The molecule has 4 rings (SSSR count). The third kappa shape index (κ3) is 4.73. The topological polar surface area (TPSA) is 49.3 Å². The van der Waals surface area contributed by atoms with Gasteiger partial charge in [-0.1, -0.05) is 12.1 Å². The lowest BCUT2D eigenvalue weighted by Gasteiger charge is -2.39. The van der Waals surface area contributed by atoms with E-state index >= 15 is 0 Å². The zero-order chi connectivity index (χ0) is 20.9. The summed E-state index contributed by atoms with van der Waals surface area (Å²) in [7, 11) is 6.18. The van der Waals surface area contributed by atoms with Gasteiger partial charge in [-0.25, -0.2) is 0 Å². The lowest BCUT2D eigenvalue weighted by Crippen LogP contribution is -2.45. The van der Waals surface area contributed by atoms with Crippen LogP contribution in [-0.2, 0) is 6.54 Å². The van der Waals surface area contributed by atoms with Crippen LogP contribution in [0.5, 0.6) is 11.5 Å². The number of hydrogen-bond acceptors (Lipinski definition) is 5. The number of nitrogens with one attached hydrogen (secondary N) is 1. The fraction of sp³-hybridized carbons (Fsp3) is 0.522. The van der Waals surface area contributed by atoms with E-state index in [0.717, 1.165) is 37.1 Å². The number of guanidine groups is 1. The maximum atomic E-state index is 5.72. The summed E-state index contributed by atoms with van der Waals surface area (Å²) in [6.45, 7) is 4.07. The first-order valence-corrected chi connectivity index (χ1v) is 11.6. The van der Waals surface area contributed by atoms with Crippen LogP contribution in [0.3, 0.4) is 0 Å². The van der Waals surface area contributed by atoms with Crippen molar-refractivity contribution in [2.45, 2.75) is 25.4 Å². The number of piperidine rings is 1. The van der Waals surface area contributed by atoms with Gasteiger partial charge >= 0.3 is 0 Å². The number of nitrogens with zero attached hydrogens (tertiary/aromatic N) is 3. The van der Waals surface area contributed by atoms with E-state index < -0.39 is 0 Å². The predicted octanol–water partition coefficient (Wildman–Crippen LogP) is 3.61. The molecule has 0 radical (unpaired) electrons. The van der Waals surface area contributed by atoms with E-state index in [2.05, 4.69) is 63.8 Å². The van der Waals surface area contributed by atoms with Crippen molar-refractivity contribution in [2.24, 2.45) is 10.9 Å². The molecule has 1 aromatic carbocycles. The highest BCUT2D eigenvalue weighted by Crippen LogP contribution is 2.37. The molecule has 0 amide bonds. The fourth-order valence-electron chi connectivity index (χ4n) is 4.52. The Morgan fingerprint density at radius 1 is 1.27 bits per heavy atom. The molecule has 1 saturated heterocycles. The van der Waals surface area contributed by atoms with Gasteiger partial charge in [-0.15, -0.1) is 11.3 Å². The molecule has 0 aliphatic carbocycles. The van der Waals surface area contributed by atoms with E-state index in [4.69, 9.17) is 9.47 Å². The Bertz CT molecular complexity index is 855. The Balaban J connectivity index is 1.38. The molecule has 1 N–H and O–H groups in total. The molecule has 2 unspecified atom stereocenters. The molecule has 2 aliphatic rings. The second kappa shape index (κ2) is 9.71. The molecule has 1 aromatic heterocycles. The molecule has 162 valence electrons. The number of hydrogen-bond donors (Lipinski definition) is 1. The van der Waals surface area contributed by atoms with Crippen LogP contribution < -0.4 is 14.8 Å². The Morgan fingerprint density at radius 3 is 2.87 bits per heavy atom. The summed E-state index contributed by atoms with van der Waals surface area (Å²) in [6.07, 6.45) is 2.49. The Kier molecular flexibility index (Phi) is 6.79. The molecule has 0 saturated carbocycles. The highest BCUT2D eigenvalue weighted by Gasteiger charge is 2.31. The van der Waals surface area contributed by atoms with Crippen molar-refractivity contribution in [1.82, 2.24) is 15.1 Å². The molecule has 2 aliphatic heterocycles. The third-order valence-electron chi connectivity index (χ3n) is 5.96. The van der Waals surface area contributed by atoms with Gasteiger partial charge in [0, 0.05) is 38.1 Å². The number of fused-ring (bicyclic) bond motifs is 1. The zero-order valence-electron chi connectivity index (χ0n) is 18.1. The van der Waals surface area contributed by atoms with E-state index in [9.17, 15) is 0 Å². The molecule has 0 bridgehead atoms. The van der Waals surface area contributed by atoms with Gasteiger partial charge < -0.3 is 19.7 Å². The summed E-state index contributed by atoms with van der Waals surface area (Å²) in [6, 6.07) is 11.1. The average Bonchev–Trinajstić information content (AvgIpc) is 3.28. The zero-order valence-corrected chi connectivity index (χ0v) is 19.0. The first kappa shape index (κ1) is 21.0. The van der Waals surface area contributed by atoms with Gasteiger partial charge in [0.05, 0.1) is 0 Å². The Hall–Kier alpha value is -2.25. The van der Waals surface area contributed by atoms with Crippen LogP contribution in [0, 0.1) is 5.92 Å². The number of benzene rings is 1. The summed E-state index contributed by atoms with van der Waals surface area (Å²) >= 11 is 1.86. The largest absolute Gasteiger partial charge is 0.486 e. The van der Waals surface area contributed by atoms with Crippen LogP contribution in [0.4, 0.5) is 0 Å². The van der Waals surface area contributed by atoms with Crippen LogP contribution in [0.25, 0.3) is 0 Å². The van der Waals surface area contributed by atoms with Crippen molar-refractivity contribution in [3.8, 4) is 11.5 Å².